The van der Waals surface area contributed by atoms with E-state index in [0.29, 0.717) is 12.5 Å². The second-order valence-electron chi connectivity index (χ2n) is 5.02. The Hall–Kier alpha value is -0.610. The van der Waals surface area contributed by atoms with Gasteiger partial charge in [0, 0.05) is 13.1 Å². The first-order valence-electron chi connectivity index (χ1n) is 6.16. The quantitative estimate of drug-likeness (QED) is 0.709. The first kappa shape index (κ1) is 13.5. The summed E-state index contributed by atoms with van der Waals surface area (Å²) in [4.78, 5) is 13.7. The van der Waals surface area contributed by atoms with E-state index in [2.05, 4.69) is 31.1 Å². The smallest absolute Gasteiger partial charge is 0.320 e. The molecule has 4 heteroatoms. The Kier molecular flexibility index (Phi) is 5.77. The maximum absolute atomic E-state index is 11.5. The number of esters is 1. The first-order valence-corrected chi connectivity index (χ1v) is 6.16. The third kappa shape index (κ3) is 5.47. The molecule has 4 nitrogen and oxygen atoms in total. The molecule has 0 unspecified atom stereocenters. The van der Waals surface area contributed by atoms with Gasteiger partial charge in [0.15, 0.2) is 0 Å². The summed E-state index contributed by atoms with van der Waals surface area (Å²) in [5.41, 5.74) is 0. The van der Waals surface area contributed by atoms with E-state index in [-0.39, 0.29) is 12.1 Å². The van der Waals surface area contributed by atoms with Crippen LogP contribution >= 0.6 is 0 Å². The molecule has 1 aliphatic heterocycles. The highest BCUT2D eigenvalue weighted by Gasteiger charge is 2.19. The van der Waals surface area contributed by atoms with Gasteiger partial charge in [0.2, 0.25) is 0 Å². The largest absolute Gasteiger partial charge is 0.461 e. The molecule has 16 heavy (non-hydrogen) atoms. The molecule has 94 valence electrons. The molecular formula is C12H24N2O2. The van der Waals surface area contributed by atoms with Crippen molar-refractivity contribution >= 4 is 5.97 Å². The molecule has 0 aliphatic carbocycles. The molecular weight excluding hydrogens is 204 g/mol. The Morgan fingerprint density at radius 3 is 2.62 bits per heavy atom. The highest BCUT2D eigenvalue weighted by molar-refractivity contribution is 5.71. The highest BCUT2D eigenvalue weighted by Crippen LogP contribution is 2.11. The van der Waals surface area contributed by atoms with E-state index in [1.54, 1.807) is 0 Å². The lowest BCUT2D eigenvalue weighted by molar-refractivity contribution is -0.149. The van der Waals surface area contributed by atoms with Crippen molar-refractivity contribution in [3.8, 4) is 0 Å². The van der Waals surface area contributed by atoms with Crippen LogP contribution in [0.3, 0.4) is 0 Å². The summed E-state index contributed by atoms with van der Waals surface area (Å²) in [5.74, 6) is 0.450. The van der Waals surface area contributed by atoms with Crippen LogP contribution in [0, 0.1) is 5.92 Å². The molecule has 0 aromatic rings. The zero-order valence-corrected chi connectivity index (χ0v) is 10.7. The lowest BCUT2D eigenvalue weighted by Crippen LogP contribution is -2.37. The third-order valence-corrected chi connectivity index (χ3v) is 2.79. The van der Waals surface area contributed by atoms with Crippen LogP contribution in [0.5, 0.6) is 0 Å². The summed E-state index contributed by atoms with van der Waals surface area (Å²) in [7, 11) is 2.10. The maximum atomic E-state index is 11.5. The van der Waals surface area contributed by atoms with Gasteiger partial charge in [-0.25, -0.2) is 0 Å². The second kappa shape index (κ2) is 6.86. The van der Waals surface area contributed by atoms with Gasteiger partial charge in [0.05, 0.1) is 6.54 Å². The van der Waals surface area contributed by atoms with Crippen molar-refractivity contribution in [3.63, 3.8) is 0 Å². The average Bonchev–Trinajstić information content (AvgIpc) is 2.21. The molecule has 0 radical (unpaired) electrons. The van der Waals surface area contributed by atoms with Gasteiger partial charge in [0.25, 0.3) is 0 Å². The Morgan fingerprint density at radius 1 is 1.44 bits per heavy atom. The first-order chi connectivity index (χ1) is 7.58. The molecule has 1 saturated heterocycles. The van der Waals surface area contributed by atoms with Gasteiger partial charge in [-0.1, -0.05) is 13.8 Å². The van der Waals surface area contributed by atoms with E-state index in [0.717, 1.165) is 32.5 Å². The van der Waals surface area contributed by atoms with Gasteiger partial charge in [-0.2, -0.15) is 0 Å². The number of piperidine rings is 1. The summed E-state index contributed by atoms with van der Waals surface area (Å²) in [6, 6.07) is 0. The van der Waals surface area contributed by atoms with Gasteiger partial charge >= 0.3 is 5.97 Å². The third-order valence-electron chi connectivity index (χ3n) is 2.79. The minimum absolute atomic E-state index is 0.116. The fraction of sp³-hybridized carbons (Fsp3) is 0.917. The highest BCUT2D eigenvalue weighted by atomic mass is 16.5. The Morgan fingerprint density at radius 2 is 2.06 bits per heavy atom. The molecule has 0 bridgehead atoms. The normalized spacial score (nSPS) is 19.0. The summed E-state index contributed by atoms with van der Waals surface area (Å²) in [5, 5.41) is 3.10. The molecule has 1 rings (SSSR count). The van der Waals surface area contributed by atoms with Crippen LogP contribution in [0.2, 0.25) is 0 Å². The molecule has 0 amide bonds. The van der Waals surface area contributed by atoms with Crippen LogP contribution in [-0.2, 0) is 9.53 Å². The number of carbonyl (C=O) groups excluding carboxylic acids is 1. The topological polar surface area (TPSA) is 41.6 Å². The van der Waals surface area contributed by atoms with Crippen LogP contribution in [-0.4, -0.2) is 50.2 Å². The minimum Gasteiger partial charge on any atom is -0.461 e. The van der Waals surface area contributed by atoms with Crippen molar-refractivity contribution in [1.29, 1.82) is 0 Å². The molecule has 0 spiro atoms. The van der Waals surface area contributed by atoms with Crippen LogP contribution in [0.25, 0.3) is 0 Å². The summed E-state index contributed by atoms with van der Waals surface area (Å²) < 4.78 is 5.39. The van der Waals surface area contributed by atoms with Crippen LogP contribution in [0.1, 0.15) is 26.7 Å². The van der Waals surface area contributed by atoms with E-state index in [1.807, 2.05) is 0 Å². The summed E-state index contributed by atoms with van der Waals surface area (Å²) in [6.45, 7) is 7.49. The van der Waals surface area contributed by atoms with Crippen molar-refractivity contribution < 1.29 is 9.53 Å². The van der Waals surface area contributed by atoms with E-state index < -0.39 is 0 Å². The molecule has 0 aromatic heterocycles. The lowest BCUT2D eigenvalue weighted by Gasteiger charge is -2.28. The number of rotatable bonds is 5. The molecule has 0 atom stereocenters. The summed E-state index contributed by atoms with van der Waals surface area (Å²) >= 11 is 0. The van der Waals surface area contributed by atoms with E-state index in [9.17, 15) is 4.79 Å². The van der Waals surface area contributed by atoms with Gasteiger partial charge in [-0.15, -0.1) is 0 Å². The number of hydrogen-bond acceptors (Lipinski definition) is 4. The molecule has 1 heterocycles. The minimum atomic E-state index is -0.116. The number of hydrogen-bond donors (Lipinski definition) is 1. The van der Waals surface area contributed by atoms with E-state index in [4.69, 9.17) is 4.74 Å². The molecule has 1 N–H and O–H groups in total. The SMILES string of the molecule is CC(C)CNCC(=O)OC1CCN(C)CC1. The van der Waals surface area contributed by atoms with Crippen LogP contribution in [0.4, 0.5) is 0 Å². The number of ether oxygens (including phenoxy) is 1. The lowest BCUT2D eigenvalue weighted by atomic mass is 10.1. The van der Waals surface area contributed by atoms with Gasteiger partial charge in [-0.05, 0) is 32.4 Å². The monoisotopic (exact) mass is 228 g/mol. The van der Waals surface area contributed by atoms with Crippen LogP contribution < -0.4 is 5.32 Å². The fourth-order valence-electron chi connectivity index (χ4n) is 1.79. The zero-order valence-electron chi connectivity index (χ0n) is 10.7. The van der Waals surface area contributed by atoms with E-state index in [1.165, 1.54) is 0 Å². The summed E-state index contributed by atoms with van der Waals surface area (Å²) in [6.07, 6.45) is 2.06. The van der Waals surface area contributed by atoms with Crippen molar-refractivity contribution in [1.82, 2.24) is 10.2 Å². The average molecular weight is 228 g/mol. The molecule has 1 fully saturated rings. The number of likely N-dealkylation sites (tertiary alicyclic amines) is 1. The number of carbonyl (C=O) groups is 1. The van der Waals surface area contributed by atoms with Crippen molar-refractivity contribution in [3.05, 3.63) is 0 Å². The zero-order chi connectivity index (χ0) is 12.0. The predicted octanol–water partition coefficient (Wildman–Crippen LogP) is 0.869. The number of nitrogens with zero attached hydrogens (tertiary/aromatic N) is 1. The van der Waals surface area contributed by atoms with Gasteiger partial charge in [0.1, 0.15) is 6.10 Å². The van der Waals surface area contributed by atoms with Gasteiger partial charge < -0.3 is 15.0 Å². The Balaban J connectivity index is 2.09. The van der Waals surface area contributed by atoms with E-state index >= 15 is 0 Å². The maximum Gasteiger partial charge on any atom is 0.320 e. The molecule has 0 saturated carbocycles. The Labute approximate surface area is 98.3 Å². The van der Waals surface area contributed by atoms with Gasteiger partial charge in [-0.3, -0.25) is 4.79 Å². The Bertz CT molecular complexity index is 211. The fourth-order valence-corrected chi connectivity index (χ4v) is 1.79. The predicted molar refractivity (Wildman–Crippen MR) is 64.3 cm³/mol. The number of nitrogens with one attached hydrogen (secondary N) is 1. The second-order valence-corrected chi connectivity index (χ2v) is 5.02. The van der Waals surface area contributed by atoms with Crippen molar-refractivity contribution in [2.75, 3.05) is 33.2 Å². The standard InChI is InChI=1S/C12H24N2O2/c1-10(2)8-13-9-12(15)16-11-4-6-14(3)7-5-11/h10-11,13H,4-9H2,1-3H3. The molecule has 0 aromatic carbocycles. The van der Waals surface area contributed by atoms with Crippen LogP contribution in [0.15, 0.2) is 0 Å². The van der Waals surface area contributed by atoms with Crippen molar-refractivity contribution in [2.45, 2.75) is 32.8 Å². The van der Waals surface area contributed by atoms with Crippen molar-refractivity contribution in [2.24, 2.45) is 5.92 Å². The molecule has 1 aliphatic rings.